The van der Waals surface area contributed by atoms with E-state index in [1.54, 1.807) is 0 Å². The summed E-state index contributed by atoms with van der Waals surface area (Å²) in [6.07, 6.45) is 3.14. The fourth-order valence-corrected chi connectivity index (χ4v) is 2.44. The van der Waals surface area contributed by atoms with Crippen LogP contribution in [0.4, 0.5) is 0 Å². The first-order valence-electron chi connectivity index (χ1n) is 6.79. The Bertz CT molecular complexity index is 395. The van der Waals surface area contributed by atoms with Crippen molar-refractivity contribution in [3.63, 3.8) is 0 Å². The van der Waals surface area contributed by atoms with Crippen molar-refractivity contribution >= 4 is 0 Å². The maximum atomic E-state index is 5.50. The third-order valence-corrected chi connectivity index (χ3v) is 3.49. The van der Waals surface area contributed by atoms with Crippen molar-refractivity contribution in [1.29, 1.82) is 0 Å². The van der Waals surface area contributed by atoms with Crippen molar-refractivity contribution in [3.05, 3.63) is 29.1 Å². The van der Waals surface area contributed by atoms with Gasteiger partial charge in [-0.2, -0.15) is 0 Å². The zero-order valence-electron chi connectivity index (χ0n) is 11.9. The first-order valence-corrected chi connectivity index (χ1v) is 6.79. The fraction of sp³-hybridized carbons (Fsp3) is 0.667. The van der Waals surface area contributed by atoms with Crippen LogP contribution in [-0.2, 0) is 11.3 Å². The lowest BCUT2D eigenvalue weighted by Gasteiger charge is -2.18. The summed E-state index contributed by atoms with van der Waals surface area (Å²) in [6.45, 7) is 7.09. The summed E-state index contributed by atoms with van der Waals surface area (Å²) in [5, 5.41) is 0. The van der Waals surface area contributed by atoms with Gasteiger partial charge in [-0.15, -0.1) is 0 Å². The van der Waals surface area contributed by atoms with Crippen molar-refractivity contribution in [2.75, 3.05) is 27.3 Å². The van der Waals surface area contributed by atoms with Gasteiger partial charge in [0, 0.05) is 25.3 Å². The van der Waals surface area contributed by atoms with Gasteiger partial charge in [0.15, 0.2) is 0 Å². The van der Waals surface area contributed by atoms with Crippen LogP contribution in [-0.4, -0.2) is 37.2 Å². The number of ether oxygens (including phenoxy) is 1. The molecule has 1 aliphatic rings. The zero-order chi connectivity index (χ0) is 13.1. The number of nitrogens with zero attached hydrogens (tertiary/aromatic N) is 2. The molecule has 1 aromatic heterocycles. The number of aromatic nitrogens is 1. The Morgan fingerprint density at radius 2 is 2.22 bits per heavy atom. The average molecular weight is 248 g/mol. The molecule has 3 nitrogen and oxygen atoms in total. The zero-order valence-corrected chi connectivity index (χ0v) is 11.9. The van der Waals surface area contributed by atoms with E-state index in [4.69, 9.17) is 9.72 Å². The molecule has 2 rings (SSSR count). The summed E-state index contributed by atoms with van der Waals surface area (Å²) in [5.41, 5.74) is 3.93. The van der Waals surface area contributed by atoms with E-state index in [0.29, 0.717) is 11.8 Å². The van der Waals surface area contributed by atoms with Crippen LogP contribution in [0.2, 0.25) is 0 Å². The highest BCUT2D eigenvalue weighted by Gasteiger charge is 2.22. The SMILES string of the molecule is CC(C)c1cnc([C@H]2CCOC2)c(CN(C)C)c1. The molecule has 18 heavy (non-hydrogen) atoms. The molecule has 1 aromatic rings. The van der Waals surface area contributed by atoms with Crippen LogP contribution in [0.1, 0.15) is 48.9 Å². The molecule has 0 saturated carbocycles. The largest absolute Gasteiger partial charge is 0.381 e. The number of hydrogen-bond donors (Lipinski definition) is 0. The highest BCUT2D eigenvalue weighted by molar-refractivity contribution is 5.30. The van der Waals surface area contributed by atoms with Gasteiger partial charge in [0.05, 0.1) is 12.3 Å². The monoisotopic (exact) mass is 248 g/mol. The van der Waals surface area contributed by atoms with Gasteiger partial charge in [-0.25, -0.2) is 0 Å². The molecule has 1 aliphatic heterocycles. The number of rotatable bonds is 4. The summed E-state index contributed by atoms with van der Waals surface area (Å²) >= 11 is 0. The van der Waals surface area contributed by atoms with Crippen molar-refractivity contribution in [1.82, 2.24) is 9.88 Å². The summed E-state index contributed by atoms with van der Waals surface area (Å²) in [5.74, 6) is 1.02. The summed E-state index contributed by atoms with van der Waals surface area (Å²) in [6, 6.07) is 2.32. The van der Waals surface area contributed by atoms with Crippen LogP contribution in [0.15, 0.2) is 12.3 Å². The van der Waals surface area contributed by atoms with Gasteiger partial charge in [0.25, 0.3) is 0 Å². The van der Waals surface area contributed by atoms with Crippen molar-refractivity contribution in [2.24, 2.45) is 0 Å². The van der Waals surface area contributed by atoms with Gasteiger partial charge in [-0.3, -0.25) is 4.98 Å². The third kappa shape index (κ3) is 3.09. The van der Waals surface area contributed by atoms with Crippen LogP contribution < -0.4 is 0 Å². The molecule has 0 unspecified atom stereocenters. The van der Waals surface area contributed by atoms with Crippen LogP contribution in [0.5, 0.6) is 0 Å². The molecule has 1 saturated heterocycles. The predicted octanol–water partition coefficient (Wildman–Crippen LogP) is 2.77. The highest BCUT2D eigenvalue weighted by Crippen LogP contribution is 2.28. The summed E-state index contributed by atoms with van der Waals surface area (Å²) < 4.78 is 5.50. The van der Waals surface area contributed by atoms with Gasteiger partial charge in [0.1, 0.15) is 0 Å². The molecule has 0 spiro atoms. The second kappa shape index (κ2) is 5.81. The normalized spacial score (nSPS) is 20.0. The minimum Gasteiger partial charge on any atom is -0.381 e. The molecule has 3 heteroatoms. The van der Waals surface area contributed by atoms with Gasteiger partial charge < -0.3 is 9.64 Å². The van der Waals surface area contributed by atoms with E-state index in [0.717, 1.165) is 26.2 Å². The third-order valence-electron chi connectivity index (χ3n) is 3.49. The first-order chi connectivity index (χ1) is 8.58. The Kier molecular flexibility index (Phi) is 4.36. The van der Waals surface area contributed by atoms with Crippen LogP contribution in [0, 0.1) is 0 Å². The quantitative estimate of drug-likeness (QED) is 0.819. The lowest BCUT2D eigenvalue weighted by Crippen LogP contribution is -2.15. The lowest BCUT2D eigenvalue weighted by molar-refractivity contribution is 0.193. The fourth-order valence-electron chi connectivity index (χ4n) is 2.44. The second-order valence-electron chi connectivity index (χ2n) is 5.77. The van der Waals surface area contributed by atoms with Gasteiger partial charge in [-0.1, -0.05) is 19.9 Å². The van der Waals surface area contributed by atoms with E-state index in [1.165, 1.54) is 16.8 Å². The number of hydrogen-bond acceptors (Lipinski definition) is 3. The molecule has 0 aromatic carbocycles. The molecule has 0 aliphatic carbocycles. The molecule has 0 bridgehead atoms. The topological polar surface area (TPSA) is 25.4 Å². The number of pyridine rings is 1. The molecule has 0 N–H and O–H groups in total. The van der Waals surface area contributed by atoms with E-state index in [9.17, 15) is 0 Å². The molecule has 1 fully saturated rings. The van der Waals surface area contributed by atoms with Crippen LogP contribution in [0.3, 0.4) is 0 Å². The molecule has 1 atom stereocenters. The first kappa shape index (κ1) is 13.5. The van der Waals surface area contributed by atoms with Crippen LogP contribution in [0.25, 0.3) is 0 Å². The maximum Gasteiger partial charge on any atom is 0.0550 e. The average Bonchev–Trinajstić information content (AvgIpc) is 2.81. The minimum atomic E-state index is 0.487. The van der Waals surface area contributed by atoms with Gasteiger partial charge in [-0.05, 0) is 37.6 Å². The van der Waals surface area contributed by atoms with Gasteiger partial charge >= 0.3 is 0 Å². The Balaban J connectivity index is 2.31. The van der Waals surface area contributed by atoms with E-state index < -0.39 is 0 Å². The standard InChI is InChI=1S/C15H24N2O/c1-11(2)13-7-14(9-17(3)4)15(16-8-13)12-5-6-18-10-12/h7-8,11-12H,5-6,9-10H2,1-4H3/t12-/m0/s1. The van der Waals surface area contributed by atoms with E-state index >= 15 is 0 Å². The Morgan fingerprint density at radius 3 is 2.78 bits per heavy atom. The van der Waals surface area contributed by atoms with Crippen LogP contribution >= 0.6 is 0 Å². The molecule has 2 heterocycles. The summed E-state index contributed by atoms with van der Waals surface area (Å²) in [4.78, 5) is 6.94. The molecular formula is C15H24N2O. The molecular weight excluding hydrogens is 224 g/mol. The van der Waals surface area contributed by atoms with Crippen molar-refractivity contribution < 1.29 is 4.74 Å². The Labute approximate surface area is 110 Å². The smallest absolute Gasteiger partial charge is 0.0550 e. The van der Waals surface area contributed by atoms with Crippen molar-refractivity contribution in [3.8, 4) is 0 Å². The maximum absolute atomic E-state index is 5.50. The van der Waals surface area contributed by atoms with Gasteiger partial charge in [0.2, 0.25) is 0 Å². The minimum absolute atomic E-state index is 0.487. The molecule has 0 radical (unpaired) electrons. The highest BCUT2D eigenvalue weighted by atomic mass is 16.5. The second-order valence-corrected chi connectivity index (χ2v) is 5.77. The van der Waals surface area contributed by atoms with Crippen molar-refractivity contribution in [2.45, 2.75) is 38.6 Å². The van der Waals surface area contributed by atoms with E-state index in [1.807, 2.05) is 6.20 Å². The Morgan fingerprint density at radius 1 is 1.44 bits per heavy atom. The summed E-state index contributed by atoms with van der Waals surface area (Å²) in [7, 11) is 4.22. The van der Waals surface area contributed by atoms with E-state index in [-0.39, 0.29) is 0 Å². The molecule has 100 valence electrons. The van der Waals surface area contributed by atoms with E-state index in [2.05, 4.69) is 38.9 Å². The Hall–Kier alpha value is -0.930. The lowest BCUT2D eigenvalue weighted by atomic mass is 9.95. The predicted molar refractivity (Wildman–Crippen MR) is 73.9 cm³/mol. The molecule has 0 amide bonds.